The van der Waals surface area contributed by atoms with E-state index < -0.39 is 11.6 Å². The van der Waals surface area contributed by atoms with E-state index in [0.717, 1.165) is 60.4 Å². The molecule has 1 N–H and O–H groups in total. The highest BCUT2D eigenvalue weighted by Gasteiger charge is 2.29. The fourth-order valence-electron chi connectivity index (χ4n) is 4.36. The lowest BCUT2D eigenvalue weighted by atomic mass is 9.90. The van der Waals surface area contributed by atoms with Crippen LogP contribution < -0.4 is 9.47 Å². The highest BCUT2D eigenvalue weighted by molar-refractivity contribution is 5.76. The lowest BCUT2D eigenvalue weighted by Gasteiger charge is -2.23. The van der Waals surface area contributed by atoms with Crippen LogP contribution in [0.1, 0.15) is 70.4 Å². The van der Waals surface area contributed by atoms with Crippen LogP contribution >= 0.6 is 0 Å². The number of rotatable bonds is 14. The van der Waals surface area contributed by atoms with E-state index in [-0.39, 0.29) is 0 Å². The molecule has 1 aromatic heterocycles. The molecule has 6 heteroatoms. The minimum absolute atomic E-state index is 0.460. The summed E-state index contributed by atoms with van der Waals surface area (Å²) >= 11 is 0. The molecule has 6 nitrogen and oxygen atoms in total. The summed E-state index contributed by atoms with van der Waals surface area (Å²) in [4.78, 5) is 16.2. The Morgan fingerprint density at radius 1 is 1.08 bits per heavy atom. The highest BCUT2D eigenvalue weighted by Crippen LogP contribution is 2.31. The summed E-state index contributed by atoms with van der Waals surface area (Å²) in [5.74, 6) is 2.29. The molecule has 0 saturated heterocycles. The number of carbonyl (C=O) groups is 1. The van der Waals surface area contributed by atoms with E-state index >= 15 is 0 Å². The van der Waals surface area contributed by atoms with Crippen molar-refractivity contribution in [2.45, 2.75) is 78.7 Å². The van der Waals surface area contributed by atoms with E-state index in [1.165, 1.54) is 0 Å². The van der Waals surface area contributed by atoms with Gasteiger partial charge in [-0.05, 0) is 69.0 Å². The molecule has 194 valence electrons. The van der Waals surface area contributed by atoms with Crippen molar-refractivity contribution in [2.75, 3.05) is 6.61 Å². The number of carboxylic acids is 1. The largest absolute Gasteiger partial charge is 0.493 e. The molecule has 3 aromatic rings. The average Bonchev–Trinajstić information content (AvgIpc) is 3.21. The number of hydrogen-bond donors (Lipinski definition) is 1. The summed E-state index contributed by atoms with van der Waals surface area (Å²) < 4.78 is 17.9. The first-order valence-corrected chi connectivity index (χ1v) is 12.9. The maximum Gasteiger partial charge on any atom is 0.347 e. The molecule has 2 aromatic carbocycles. The van der Waals surface area contributed by atoms with Crippen LogP contribution in [0.3, 0.4) is 0 Å². The maximum absolute atomic E-state index is 11.6. The molecule has 0 amide bonds. The topological polar surface area (TPSA) is 81.8 Å². The van der Waals surface area contributed by atoms with Gasteiger partial charge >= 0.3 is 5.97 Å². The van der Waals surface area contributed by atoms with E-state index in [4.69, 9.17) is 13.9 Å². The Labute approximate surface area is 214 Å². The third kappa shape index (κ3) is 7.36. The highest BCUT2D eigenvalue weighted by atomic mass is 16.5. The van der Waals surface area contributed by atoms with Crippen LogP contribution in [0.5, 0.6) is 11.5 Å². The van der Waals surface area contributed by atoms with Crippen molar-refractivity contribution < 1.29 is 23.8 Å². The fraction of sp³-hybridized carbons (Fsp3) is 0.467. The molecule has 1 heterocycles. The maximum atomic E-state index is 11.6. The standard InChI is InChI=1S/C30H39NO5/c1-6-11-22(12-7-2)19-24-20-25(36-30(4,5)29(32)33)15-16-27(24)34-18-17-26-21(3)35-28(31-26)23-13-9-8-10-14-23/h8-10,13-16,20,22H,6-7,11-12,17-19H2,1-5H3,(H,32,33). The molecule has 0 spiro atoms. The zero-order chi connectivity index (χ0) is 26.1. The van der Waals surface area contributed by atoms with Gasteiger partial charge in [-0.3, -0.25) is 0 Å². The van der Waals surface area contributed by atoms with Crippen LogP contribution in [-0.2, 0) is 17.6 Å². The Morgan fingerprint density at radius 3 is 2.42 bits per heavy atom. The molecule has 36 heavy (non-hydrogen) atoms. The van der Waals surface area contributed by atoms with E-state index in [2.05, 4.69) is 18.8 Å². The number of aromatic nitrogens is 1. The van der Waals surface area contributed by atoms with Gasteiger partial charge in [0, 0.05) is 12.0 Å². The van der Waals surface area contributed by atoms with Crippen molar-refractivity contribution in [2.24, 2.45) is 5.92 Å². The van der Waals surface area contributed by atoms with E-state index in [1.807, 2.05) is 49.4 Å². The van der Waals surface area contributed by atoms with Gasteiger partial charge in [-0.2, -0.15) is 0 Å². The molecule has 0 saturated carbocycles. The molecule has 0 radical (unpaired) electrons. The lowest BCUT2D eigenvalue weighted by Crippen LogP contribution is -2.37. The minimum atomic E-state index is -1.31. The Balaban J connectivity index is 1.76. The molecule has 0 atom stereocenters. The third-order valence-corrected chi connectivity index (χ3v) is 6.33. The summed E-state index contributed by atoms with van der Waals surface area (Å²) in [5.41, 5.74) is 1.57. The Morgan fingerprint density at radius 2 is 1.78 bits per heavy atom. The predicted molar refractivity (Wildman–Crippen MR) is 142 cm³/mol. The number of oxazole rings is 1. The number of hydrogen-bond acceptors (Lipinski definition) is 5. The van der Waals surface area contributed by atoms with E-state index in [0.29, 0.717) is 30.6 Å². The minimum Gasteiger partial charge on any atom is -0.493 e. The molecule has 0 aliphatic rings. The zero-order valence-corrected chi connectivity index (χ0v) is 22.2. The summed E-state index contributed by atoms with van der Waals surface area (Å²) in [6.07, 6.45) is 6.01. The van der Waals surface area contributed by atoms with Crippen molar-refractivity contribution in [3.63, 3.8) is 0 Å². The van der Waals surface area contributed by atoms with Gasteiger partial charge in [-0.25, -0.2) is 9.78 Å². The summed E-state index contributed by atoms with van der Waals surface area (Å²) in [5, 5.41) is 9.47. The van der Waals surface area contributed by atoms with Crippen molar-refractivity contribution in [3.8, 4) is 23.0 Å². The normalized spacial score (nSPS) is 11.6. The number of benzene rings is 2. The summed E-state index contributed by atoms with van der Waals surface area (Å²) in [7, 11) is 0. The number of aryl methyl sites for hydroxylation is 1. The van der Waals surface area contributed by atoms with Crippen LogP contribution in [0.4, 0.5) is 0 Å². The molecule has 0 unspecified atom stereocenters. The van der Waals surface area contributed by atoms with Gasteiger partial charge in [0.2, 0.25) is 5.89 Å². The van der Waals surface area contributed by atoms with Crippen molar-refractivity contribution in [3.05, 3.63) is 65.5 Å². The SMILES string of the molecule is CCCC(CCC)Cc1cc(OC(C)(C)C(=O)O)ccc1OCCc1nc(-c2ccccc2)oc1C. The van der Waals surface area contributed by atoms with E-state index in [1.54, 1.807) is 19.9 Å². The fourth-order valence-corrected chi connectivity index (χ4v) is 4.36. The quantitative estimate of drug-likeness (QED) is 0.254. The van der Waals surface area contributed by atoms with Gasteiger partial charge in [0.25, 0.3) is 0 Å². The van der Waals surface area contributed by atoms with Gasteiger partial charge in [0.15, 0.2) is 5.60 Å². The predicted octanol–water partition coefficient (Wildman–Crippen LogP) is 7.27. The lowest BCUT2D eigenvalue weighted by molar-refractivity contribution is -0.152. The molecule has 0 aliphatic heterocycles. The second-order valence-electron chi connectivity index (χ2n) is 9.82. The number of carboxylic acid groups (broad SMARTS) is 1. The van der Waals surface area contributed by atoms with Crippen molar-refractivity contribution in [1.29, 1.82) is 0 Å². The molecule has 0 aliphatic carbocycles. The average molecular weight is 494 g/mol. The Kier molecular flexibility index (Phi) is 9.57. The zero-order valence-electron chi connectivity index (χ0n) is 22.2. The van der Waals surface area contributed by atoms with Crippen LogP contribution in [0.2, 0.25) is 0 Å². The second-order valence-corrected chi connectivity index (χ2v) is 9.82. The van der Waals surface area contributed by atoms with E-state index in [9.17, 15) is 9.90 Å². The first-order valence-electron chi connectivity index (χ1n) is 12.9. The summed E-state index contributed by atoms with van der Waals surface area (Å²) in [6, 6.07) is 15.5. The molecular weight excluding hydrogens is 454 g/mol. The van der Waals surface area contributed by atoms with Crippen LogP contribution in [-0.4, -0.2) is 28.3 Å². The van der Waals surface area contributed by atoms with Crippen molar-refractivity contribution >= 4 is 5.97 Å². The monoisotopic (exact) mass is 493 g/mol. The van der Waals surface area contributed by atoms with Crippen LogP contribution in [0.15, 0.2) is 52.9 Å². The van der Waals surface area contributed by atoms with Gasteiger partial charge in [0.05, 0.1) is 12.3 Å². The van der Waals surface area contributed by atoms with Gasteiger partial charge in [0.1, 0.15) is 17.3 Å². The van der Waals surface area contributed by atoms with Crippen LogP contribution in [0.25, 0.3) is 11.5 Å². The molecular formula is C30H39NO5. The van der Waals surface area contributed by atoms with Gasteiger partial charge in [-0.15, -0.1) is 0 Å². The van der Waals surface area contributed by atoms with Crippen LogP contribution in [0, 0.1) is 12.8 Å². The van der Waals surface area contributed by atoms with Gasteiger partial charge in [-0.1, -0.05) is 57.7 Å². The van der Waals surface area contributed by atoms with Crippen molar-refractivity contribution in [1.82, 2.24) is 4.98 Å². The summed E-state index contributed by atoms with van der Waals surface area (Å²) in [6.45, 7) is 9.91. The Hall–Kier alpha value is -3.28. The Bertz CT molecular complexity index is 1110. The second kappa shape index (κ2) is 12.6. The first-order chi connectivity index (χ1) is 17.2. The number of ether oxygens (including phenoxy) is 2. The van der Waals surface area contributed by atoms with Gasteiger partial charge < -0.3 is 19.0 Å². The molecule has 0 fully saturated rings. The molecule has 3 rings (SSSR count). The smallest absolute Gasteiger partial charge is 0.347 e. The number of nitrogens with zero attached hydrogens (tertiary/aromatic N) is 1. The number of aliphatic carboxylic acids is 1. The first kappa shape index (κ1) is 27.3. The molecule has 0 bridgehead atoms. The third-order valence-electron chi connectivity index (χ3n) is 6.33.